The third-order valence-electron chi connectivity index (χ3n) is 3.86. The highest BCUT2D eigenvalue weighted by Gasteiger charge is 2.45. The molecule has 1 N–H and O–H groups in total. The number of anilines is 1. The number of hydrogen-bond acceptors (Lipinski definition) is 3. The number of ether oxygens (including phenoxy) is 1. The molecule has 0 aliphatic carbocycles. The quantitative estimate of drug-likeness (QED) is 0.775. The molecule has 20 heavy (non-hydrogen) atoms. The maximum atomic E-state index is 12.5. The van der Waals surface area contributed by atoms with Gasteiger partial charge in [0.05, 0.1) is 25.3 Å². The van der Waals surface area contributed by atoms with Crippen LogP contribution in [0.5, 0.6) is 0 Å². The second kappa shape index (κ2) is 5.52. The molecule has 1 atom stereocenters. The molecule has 0 bridgehead atoms. The summed E-state index contributed by atoms with van der Waals surface area (Å²) < 4.78 is 5.30. The van der Waals surface area contributed by atoms with E-state index in [1.807, 2.05) is 0 Å². The number of amides is 2. The van der Waals surface area contributed by atoms with Crippen molar-refractivity contribution in [1.29, 1.82) is 0 Å². The number of benzene rings is 1. The van der Waals surface area contributed by atoms with Gasteiger partial charge in [-0.3, -0.25) is 9.59 Å². The number of hydrogen-bond donors (Lipinski definition) is 1. The molecule has 0 unspecified atom stereocenters. The van der Waals surface area contributed by atoms with Crippen LogP contribution in [-0.2, 0) is 14.3 Å². The summed E-state index contributed by atoms with van der Waals surface area (Å²) >= 11 is 5.84. The zero-order valence-corrected chi connectivity index (χ0v) is 11.7. The van der Waals surface area contributed by atoms with Crippen molar-refractivity contribution in [1.82, 2.24) is 0 Å². The molecule has 6 heteroatoms. The van der Waals surface area contributed by atoms with E-state index >= 15 is 0 Å². The van der Waals surface area contributed by atoms with Crippen LogP contribution in [0.4, 0.5) is 5.69 Å². The van der Waals surface area contributed by atoms with Crippen LogP contribution in [0.1, 0.15) is 6.42 Å². The molecule has 2 heterocycles. The SMILES string of the molecule is O=C1C[C@H]([NH+]2CCOCC2)C(=O)N1c1ccc(Cl)cc1. The smallest absolute Gasteiger partial charge is 0.292 e. The Kier molecular flexibility index (Phi) is 3.74. The fourth-order valence-electron chi connectivity index (χ4n) is 2.79. The summed E-state index contributed by atoms with van der Waals surface area (Å²) in [6, 6.07) is 6.50. The molecule has 2 amide bonds. The molecule has 5 nitrogen and oxygen atoms in total. The van der Waals surface area contributed by atoms with Crippen LogP contribution in [0, 0.1) is 0 Å². The third-order valence-corrected chi connectivity index (χ3v) is 4.11. The molecule has 2 fully saturated rings. The van der Waals surface area contributed by atoms with Crippen LogP contribution in [-0.4, -0.2) is 44.2 Å². The van der Waals surface area contributed by atoms with Gasteiger partial charge in [-0.2, -0.15) is 0 Å². The molecule has 2 aliphatic heterocycles. The summed E-state index contributed by atoms with van der Waals surface area (Å²) in [7, 11) is 0. The molecule has 1 aromatic carbocycles. The lowest BCUT2D eigenvalue weighted by Gasteiger charge is -2.27. The van der Waals surface area contributed by atoms with E-state index in [1.54, 1.807) is 24.3 Å². The van der Waals surface area contributed by atoms with Crippen molar-refractivity contribution in [2.24, 2.45) is 0 Å². The van der Waals surface area contributed by atoms with Gasteiger partial charge in [-0.15, -0.1) is 0 Å². The Hall–Kier alpha value is -1.43. The summed E-state index contributed by atoms with van der Waals surface area (Å²) in [5, 5.41) is 0.586. The maximum Gasteiger partial charge on any atom is 0.292 e. The van der Waals surface area contributed by atoms with E-state index in [1.165, 1.54) is 4.90 Å². The van der Waals surface area contributed by atoms with Crippen LogP contribution in [0.25, 0.3) is 0 Å². The van der Waals surface area contributed by atoms with Gasteiger partial charge in [-0.1, -0.05) is 11.6 Å². The number of nitrogens with one attached hydrogen (secondary N) is 1. The van der Waals surface area contributed by atoms with Crippen molar-refractivity contribution < 1.29 is 19.2 Å². The molecule has 0 radical (unpaired) electrons. The van der Waals surface area contributed by atoms with E-state index in [9.17, 15) is 9.59 Å². The highest BCUT2D eigenvalue weighted by molar-refractivity contribution is 6.30. The van der Waals surface area contributed by atoms with Crippen molar-refractivity contribution in [3.8, 4) is 0 Å². The minimum absolute atomic E-state index is 0.116. The number of rotatable bonds is 2. The molecule has 0 spiro atoms. The normalized spacial score (nSPS) is 24.4. The van der Waals surface area contributed by atoms with Gasteiger partial charge in [0, 0.05) is 5.02 Å². The van der Waals surface area contributed by atoms with Crippen LogP contribution < -0.4 is 9.80 Å². The van der Waals surface area contributed by atoms with Crippen LogP contribution in [0.3, 0.4) is 0 Å². The summed E-state index contributed by atoms with van der Waals surface area (Å²) in [5.74, 6) is -0.254. The van der Waals surface area contributed by atoms with Gasteiger partial charge in [0.15, 0.2) is 6.04 Å². The van der Waals surface area contributed by atoms with Gasteiger partial charge in [0.2, 0.25) is 5.91 Å². The second-order valence-electron chi connectivity index (χ2n) is 5.07. The molecule has 1 aromatic rings. The number of halogens is 1. The maximum absolute atomic E-state index is 12.5. The Labute approximate surface area is 122 Å². The van der Waals surface area contributed by atoms with E-state index in [-0.39, 0.29) is 24.3 Å². The van der Waals surface area contributed by atoms with Crippen molar-refractivity contribution >= 4 is 29.1 Å². The summed E-state index contributed by atoms with van der Waals surface area (Å²) in [6.07, 6.45) is 0.275. The Morgan fingerprint density at radius 3 is 2.45 bits per heavy atom. The van der Waals surface area contributed by atoms with E-state index in [0.717, 1.165) is 18.0 Å². The lowest BCUT2D eigenvalue weighted by atomic mass is 10.2. The summed E-state index contributed by atoms with van der Waals surface area (Å²) in [6.45, 7) is 2.85. The van der Waals surface area contributed by atoms with E-state index in [2.05, 4.69) is 0 Å². The van der Waals surface area contributed by atoms with Crippen LogP contribution in [0.2, 0.25) is 5.02 Å². The predicted octanol–water partition coefficient (Wildman–Crippen LogP) is -0.113. The lowest BCUT2D eigenvalue weighted by molar-refractivity contribution is -0.922. The minimum Gasteiger partial charge on any atom is -0.370 e. The first-order chi connectivity index (χ1) is 9.66. The molecule has 3 rings (SSSR count). The first-order valence-corrected chi connectivity index (χ1v) is 7.09. The van der Waals surface area contributed by atoms with Crippen LogP contribution in [0.15, 0.2) is 24.3 Å². The molecule has 106 valence electrons. The first kappa shape index (κ1) is 13.5. The Balaban J connectivity index is 1.81. The Bertz CT molecular complexity index is 526. The Morgan fingerprint density at radius 1 is 1.15 bits per heavy atom. The fraction of sp³-hybridized carbons (Fsp3) is 0.429. The predicted molar refractivity (Wildman–Crippen MR) is 73.9 cm³/mol. The number of quaternary nitrogens is 1. The first-order valence-electron chi connectivity index (χ1n) is 6.71. The number of carbonyl (C=O) groups is 2. The third kappa shape index (κ3) is 2.44. The standard InChI is InChI=1S/C14H15ClN2O3/c15-10-1-3-11(4-2-10)17-13(18)9-12(14(17)19)16-5-7-20-8-6-16/h1-4,12H,5-9H2/p+1/t12-/m0/s1. The number of nitrogens with zero attached hydrogens (tertiary/aromatic N) is 1. The fourth-order valence-corrected chi connectivity index (χ4v) is 2.92. The highest BCUT2D eigenvalue weighted by atomic mass is 35.5. The van der Waals surface area contributed by atoms with Gasteiger partial charge in [0.1, 0.15) is 13.1 Å². The lowest BCUT2D eigenvalue weighted by Crippen LogP contribution is -3.18. The minimum atomic E-state index is -0.276. The average molecular weight is 296 g/mol. The molecule has 0 aromatic heterocycles. The van der Waals surface area contributed by atoms with E-state index in [4.69, 9.17) is 16.3 Å². The van der Waals surface area contributed by atoms with Gasteiger partial charge < -0.3 is 9.64 Å². The van der Waals surface area contributed by atoms with Crippen molar-refractivity contribution in [2.45, 2.75) is 12.5 Å². The summed E-state index contributed by atoms with van der Waals surface area (Å²) in [4.78, 5) is 27.1. The summed E-state index contributed by atoms with van der Waals surface area (Å²) in [5.41, 5.74) is 0.597. The largest absolute Gasteiger partial charge is 0.370 e. The molecular formula is C14H16ClN2O3+. The average Bonchev–Trinajstić information content (AvgIpc) is 2.76. The number of morpholine rings is 1. The highest BCUT2D eigenvalue weighted by Crippen LogP contribution is 2.23. The van der Waals surface area contributed by atoms with Crippen molar-refractivity contribution in [3.05, 3.63) is 29.3 Å². The number of imide groups is 1. The van der Waals surface area contributed by atoms with Crippen LogP contribution >= 0.6 is 11.6 Å². The topological polar surface area (TPSA) is 51.1 Å². The van der Waals surface area contributed by atoms with E-state index in [0.29, 0.717) is 23.9 Å². The molecule has 2 saturated heterocycles. The Morgan fingerprint density at radius 2 is 1.80 bits per heavy atom. The van der Waals surface area contributed by atoms with Gasteiger partial charge in [-0.25, -0.2) is 4.90 Å². The van der Waals surface area contributed by atoms with Gasteiger partial charge >= 0.3 is 0 Å². The van der Waals surface area contributed by atoms with Crippen molar-refractivity contribution in [2.75, 3.05) is 31.2 Å². The van der Waals surface area contributed by atoms with Gasteiger partial charge in [0.25, 0.3) is 5.91 Å². The molecular weight excluding hydrogens is 280 g/mol. The molecule has 0 saturated carbocycles. The van der Waals surface area contributed by atoms with Gasteiger partial charge in [-0.05, 0) is 24.3 Å². The van der Waals surface area contributed by atoms with E-state index < -0.39 is 0 Å². The zero-order valence-electron chi connectivity index (χ0n) is 11.0. The monoisotopic (exact) mass is 295 g/mol. The van der Waals surface area contributed by atoms with Crippen molar-refractivity contribution in [3.63, 3.8) is 0 Å². The zero-order chi connectivity index (χ0) is 14.1. The molecule has 2 aliphatic rings. The second-order valence-corrected chi connectivity index (χ2v) is 5.51. The number of carbonyl (C=O) groups excluding carboxylic acids is 2.